The van der Waals surface area contributed by atoms with Gasteiger partial charge < -0.3 is 24.1 Å². The van der Waals surface area contributed by atoms with Gasteiger partial charge in [-0.25, -0.2) is 39.9 Å². The van der Waals surface area contributed by atoms with Crippen LogP contribution in [-0.4, -0.2) is 141 Å². The van der Waals surface area contributed by atoms with Gasteiger partial charge in [0.2, 0.25) is 47.4 Å². The van der Waals surface area contributed by atoms with Gasteiger partial charge in [-0.15, -0.1) is 0 Å². The number of nitrogens with one attached hydrogen (secondary N) is 4. The van der Waals surface area contributed by atoms with Crippen molar-refractivity contribution in [2.24, 2.45) is 0 Å². The van der Waals surface area contributed by atoms with Gasteiger partial charge in [-0.3, -0.25) is 58.7 Å². The van der Waals surface area contributed by atoms with Gasteiger partial charge in [0.15, 0.2) is 22.6 Å². The summed E-state index contributed by atoms with van der Waals surface area (Å²) in [5.41, 5.74) is 9.27. The van der Waals surface area contributed by atoms with Crippen molar-refractivity contribution in [3.8, 4) is 0 Å². The zero-order valence-electron chi connectivity index (χ0n) is 60.1. The summed E-state index contributed by atoms with van der Waals surface area (Å²) in [5, 5.41) is 21.7. The van der Waals surface area contributed by atoms with E-state index in [9.17, 15) is 24.3 Å². The Balaban J connectivity index is 0.000000120. The van der Waals surface area contributed by atoms with E-state index in [1.165, 1.54) is 25.7 Å². The van der Waals surface area contributed by atoms with Crippen LogP contribution >= 0.6 is 0 Å². The third-order valence-corrected chi connectivity index (χ3v) is 20.9. The van der Waals surface area contributed by atoms with E-state index < -0.39 is 5.60 Å². The second-order valence-electron chi connectivity index (χ2n) is 31.0. The van der Waals surface area contributed by atoms with E-state index >= 15 is 0 Å². The zero-order chi connectivity index (χ0) is 70.2. The van der Waals surface area contributed by atoms with Crippen molar-refractivity contribution >= 4 is 92.1 Å². The number of aryl methyl sites for hydroxylation is 4. The van der Waals surface area contributed by atoms with Crippen molar-refractivity contribution in [1.29, 1.82) is 0 Å². The summed E-state index contributed by atoms with van der Waals surface area (Å²) < 4.78 is 32.1. The molecule has 8 fully saturated rings. The van der Waals surface area contributed by atoms with Crippen LogP contribution in [0.4, 0.5) is 23.8 Å². The Morgan fingerprint density at radius 3 is 1.17 bits per heavy atom. The van der Waals surface area contributed by atoms with Crippen molar-refractivity contribution in [2.45, 2.75) is 295 Å². The molecular weight excluding hydrogens is 1270 g/mol. The Hall–Kier alpha value is -7.84. The molecule has 8 aromatic rings. The molecule has 0 aromatic carbocycles. The number of hydrogen-bond acceptors (Lipinski definition) is 17. The molecule has 25 nitrogen and oxygen atoms in total. The smallest absolute Gasteiger partial charge is 0.229 e. The number of aliphatic hydroxyl groups is 1. The number of anilines is 4. The minimum absolute atomic E-state index is 0.00287. The van der Waals surface area contributed by atoms with Crippen LogP contribution in [0.15, 0.2) is 48.5 Å². The number of pyridine rings is 4. The summed E-state index contributed by atoms with van der Waals surface area (Å²) in [7, 11) is 0. The van der Waals surface area contributed by atoms with Crippen LogP contribution in [-0.2, 0) is 38.1 Å². The van der Waals surface area contributed by atoms with Gasteiger partial charge in [0.05, 0.1) is 79.6 Å². The number of rotatable bonds is 18. The SMILES string of the molecule is Cc1ccc2nc(NC(=O)CC(C)(C)O)n(C3CCC3)c2n1.Cc1ccc2nc(NC(=O)CCO[C@@H]3C[C@@H]4CC[C@H]3O4)n(C3CCC3)c2n1.Cc1ccc2nc(NC(=O)C[C@@H]3CCCC(C)(C)O3)n(C3CCC3)c2n1.Cc1ccc2nc(NC(=O)C[C@H]3CCC(C)(C)O3)n(C3CCC3)c2n1. The second-order valence-corrected chi connectivity index (χ2v) is 31.0. The standard InChI is InChI=1S/C20H26N4O3.C20H28N4O2.C19H26N4O2.C16H22N4O2/c1-12-5-7-15-19(21-12)24(13-3-2-4-13)20(22-15)23-18(25)9-10-26-17-11-14-6-8-16(17)27-14;1-13-9-10-16-18(21-13)24(14-6-4-7-14)19(22-16)23-17(25)12-15-8-5-11-20(2,3)26-15;1-12-7-8-15-17(20-12)23(13-5-4-6-13)18(21-15)22-16(24)11-14-9-10-19(2,3)25-14;1-10-7-8-12-14(17-10)20(11-5-4-6-11)15(18-12)19-13(21)9-16(2,3)22/h5,7,13-14,16-17H,2-4,6,8-11H2,1H3,(H,22,23,25);9-10,14-15H,4-8,11-12H2,1-3H3,(H,22,23,25);7-8,13-14H,4-6,9-11H2,1-3H3,(H,21,22,24);7-8,11,22H,4-6,9H2,1-3H3,(H,18,19,21)/t14-,16+,17+;15-;14-;/m001./s1. The first kappa shape index (κ1) is 70.6. The highest BCUT2D eigenvalue weighted by atomic mass is 16.6. The van der Waals surface area contributed by atoms with Gasteiger partial charge in [0.25, 0.3) is 0 Å². The summed E-state index contributed by atoms with van der Waals surface area (Å²) in [6, 6.07) is 17.1. The lowest BCUT2D eigenvalue weighted by Gasteiger charge is -2.35. The highest BCUT2D eigenvalue weighted by Gasteiger charge is 2.42. The van der Waals surface area contributed by atoms with Crippen LogP contribution in [0.3, 0.4) is 0 Å². The quantitative estimate of drug-likeness (QED) is 0.0533. The molecule has 4 aliphatic heterocycles. The maximum absolute atomic E-state index is 12.7. The number of ether oxygens (including phenoxy) is 4. The molecule has 0 radical (unpaired) electrons. The largest absolute Gasteiger partial charge is 0.390 e. The Labute approximate surface area is 584 Å². The zero-order valence-corrected chi connectivity index (χ0v) is 60.1. The molecule has 8 aliphatic rings. The number of carbonyl (C=O) groups is 4. The van der Waals surface area contributed by atoms with Crippen molar-refractivity contribution in [1.82, 2.24) is 58.1 Å². The molecule has 2 bridgehead atoms. The molecule has 0 spiro atoms. The molecule has 12 heterocycles. The predicted octanol–water partition coefficient (Wildman–Crippen LogP) is 13.6. The van der Waals surface area contributed by atoms with Crippen LogP contribution in [0.2, 0.25) is 0 Å². The number of amides is 4. The Morgan fingerprint density at radius 2 is 0.850 bits per heavy atom. The summed E-state index contributed by atoms with van der Waals surface area (Å²) in [5.74, 6) is 2.04. The van der Waals surface area contributed by atoms with Crippen molar-refractivity contribution in [2.75, 3.05) is 27.9 Å². The number of imidazole rings is 4. The first-order valence-electron chi connectivity index (χ1n) is 36.8. The first-order valence-corrected chi connectivity index (χ1v) is 36.8. The van der Waals surface area contributed by atoms with Crippen LogP contribution in [0.5, 0.6) is 0 Å². The lowest BCUT2D eigenvalue weighted by molar-refractivity contribution is -0.131. The molecule has 25 heteroatoms. The summed E-state index contributed by atoms with van der Waals surface area (Å²) in [6.45, 7) is 19.9. The van der Waals surface area contributed by atoms with Crippen molar-refractivity contribution in [3.05, 3.63) is 71.3 Å². The van der Waals surface area contributed by atoms with Crippen LogP contribution in [0.25, 0.3) is 44.7 Å². The van der Waals surface area contributed by atoms with Gasteiger partial charge in [-0.05, 0) is 240 Å². The van der Waals surface area contributed by atoms with Crippen LogP contribution in [0, 0.1) is 27.7 Å². The first-order chi connectivity index (χ1) is 47.8. The number of nitrogens with zero attached hydrogens (tertiary/aromatic N) is 12. The van der Waals surface area contributed by atoms with Gasteiger partial charge in [0.1, 0.15) is 22.1 Å². The Kier molecular flexibility index (Phi) is 20.9. The molecule has 536 valence electrons. The maximum Gasteiger partial charge on any atom is 0.229 e. The summed E-state index contributed by atoms with van der Waals surface area (Å²) in [4.78, 5) is 86.7. The van der Waals surface area contributed by atoms with E-state index in [1.54, 1.807) is 13.8 Å². The number of hydrogen-bond donors (Lipinski definition) is 5. The lowest BCUT2D eigenvalue weighted by Crippen LogP contribution is -2.37. The van der Waals surface area contributed by atoms with Gasteiger partial charge in [-0.1, -0.05) is 0 Å². The van der Waals surface area contributed by atoms with Crippen LogP contribution in [0.1, 0.15) is 243 Å². The van der Waals surface area contributed by atoms with E-state index in [0.29, 0.717) is 79.9 Å². The number of fused-ring (bicyclic) bond motifs is 6. The third kappa shape index (κ3) is 16.7. The number of carbonyl (C=O) groups excluding carboxylic acids is 4. The van der Waals surface area contributed by atoms with Crippen molar-refractivity contribution < 1.29 is 43.2 Å². The molecule has 5 N–H and O–H groups in total. The molecule has 4 saturated heterocycles. The van der Waals surface area contributed by atoms with Gasteiger partial charge >= 0.3 is 0 Å². The average Bonchev–Trinajstić information content (AvgIpc) is 1.64. The molecular formula is C75H102N16O9. The normalized spacial score (nSPS) is 22.5. The minimum Gasteiger partial charge on any atom is -0.390 e. The second kappa shape index (κ2) is 29.6. The van der Waals surface area contributed by atoms with E-state index in [-0.39, 0.29) is 65.7 Å². The maximum atomic E-state index is 12.7. The lowest BCUT2D eigenvalue weighted by atomic mass is 9.93. The molecule has 4 amide bonds. The fourth-order valence-electron chi connectivity index (χ4n) is 14.9. The highest BCUT2D eigenvalue weighted by Crippen LogP contribution is 2.42. The monoisotopic (exact) mass is 1370 g/mol. The molecule has 0 unspecified atom stereocenters. The average molecular weight is 1370 g/mol. The molecule has 5 atom stereocenters. The van der Waals surface area contributed by atoms with Gasteiger partial charge in [0, 0.05) is 53.4 Å². The molecule has 4 saturated carbocycles. The Bertz CT molecular complexity index is 4280. The van der Waals surface area contributed by atoms with E-state index in [1.807, 2.05) is 80.8 Å². The fourth-order valence-corrected chi connectivity index (χ4v) is 14.9. The van der Waals surface area contributed by atoms with Crippen molar-refractivity contribution in [3.63, 3.8) is 0 Å². The molecule has 100 heavy (non-hydrogen) atoms. The predicted molar refractivity (Wildman–Crippen MR) is 383 cm³/mol. The topological polar surface area (TPSA) is 296 Å². The molecule has 4 aliphatic carbocycles. The fraction of sp³-hybridized carbons (Fsp3) is 0.627. The van der Waals surface area contributed by atoms with Gasteiger partial charge in [-0.2, -0.15) is 0 Å². The van der Waals surface area contributed by atoms with E-state index in [4.69, 9.17) is 18.9 Å². The summed E-state index contributed by atoms with van der Waals surface area (Å²) >= 11 is 0. The third-order valence-electron chi connectivity index (χ3n) is 20.9. The highest BCUT2D eigenvalue weighted by molar-refractivity contribution is 5.94. The molecule has 8 aromatic heterocycles. The number of aromatic nitrogens is 12. The van der Waals surface area contributed by atoms with E-state index in [0.717, 1.165) is 170 Å². The Morgan fingerprint density at radius 1 is 0.480 bits per heavy atom. The summed E-state index contributed by atoms with van der Waals surface area (Å²) in [6.07, 6.45) is 23.7. The molecule has 16 rings (SSSR count). The van der Waals surface area contributed by atoms with E-state index in [2.05, 4.69) is 103 Å². The minimum atomic E-state index is -1.04. The van der Waals surface area contributed by atoms with Crippen LogP contribution < -0.4 is 21.3 Å².